The summed E-state index contributed by atoms with van der Waals surface area (Å²) < 4.78 is 38.1. The highest BCUT2D eigenvalue weighted by Crippen LogP contribution is 2.18. The molecule has 2 aromatic carbocycles. The highest BCUT2D eigenvalue weighted by atomic mass is 79.9. The Morgan fingerprint density at radius 3 is 2.64 bits per heavy atom. The number of sulfonamides is 1. The van der Waals surface area contributed by atoms with Crippen LogP contribution in [-0.4, -0.2) is 36.5 Å². The van der Waals surface area contributed by atoms with Crippen LogP contribution in [0.2, 0.25) is 0 Å². The van der Waals surface area contributed by atoms with E-state index in [1.807, 2.05) is 31.2 Å². The average Bonchev–Trinajstić information content (AvgIpc) is 3.13. The van der Waals surface area contributed by atoms with E-state index in [4.69, 9.17) is 9.26 Å². The number of ether oxygens (including phenoxy) is 1. The Kier molecular flexibility index (Phi) is 6.48. The first kappa shape index (κ1) is 20.5. The van der Waals surface area contributed by atoms with E-state index < -0.39 is 10.0 Å². The second-order valence-corrected chi connectivity index (χ2v) is 9.20. The summed E-state index contributed by atoms with van der Waals surface area (Å²) in [6.45, 7) is 2.37. The largest absolute Gasteiger partial charge is 0.484 e. The van der Waals surface area contributed by atoms with Crippen LogP contribution in [0.4, 0.5) is 0 Å². The van der Waals surface area contributed by atoms with E-state index in [1.165, 1.54) is 11.4 Å². The van der Waals surface area contributed by atoms with Gasteiger partial charge in [0.15, 0.2) is 12.4 Å². The molecular formula is C19H20BrN3O4S. The van der Waals surface area contributed by atoms with Gasteiger partial charge in [-0.25, -0.2) is 12.7 Å². The fraction of sp³-hybridized carbons (Fsp3) is 0.263. The summed E-state index contributed by atoms with van der Waals surface area (Å²) in [4.78, 5) is 4.49. The van der Waals surface area contributed by atoms with Gasteiger partial charge in [0, 0.05) is 24.5 Å². The molecule has 3 aromatic rings. The Morgan fingerprint density at radius 2 is 1.93 bits per heavy atom. The van der Waals surface area contributed by atoms with E-state index in [1.54, 1.807) is 24.3 Å². The van der Waals surface area contributed by atoms with Crippen LogP contribution >= 0.6 is 15.9 Å². The van der Waals surface area contributed by atoms with Gasteiger partial charge in [0.05, 0.1) is 4.90 Å². The van der Waals surface area contributed by atoms with Gasteiger partial charge in [0.2, 0.25) is 10.0 Å². The summed E-state index contributed by atoms with van der Waals surface area (Å²) in [7, 11) is -2.04. The lowest BCUT2D eigenvalue weighted by atomic mass is 10.2. The van der Waals surface area contributed by atoms with Gasteiger partial charge >= 0.3 is 0 Å². The van der Waals surface area contributed by atoms with Gasteiger partial charge in [-0.15, -0.1) is 0 Å². The van der Waals surface area contributed by atoms with E-state index >= 15 is 0 Å². The van der Waals surface area contributed by atoms with Crippen molar-refractivity contribution in [2.75, 3.05) is 13.6 Å². The molecule has 0 bridgehead atoms. The summed E-state index contributed by atoms with van der Waals surface area (Å²) in [5.41, 5.74) is 1.10. The first-order chi connectivity index (χ1) is 13.3. The Labute approximate surface area is 172 Å². The molecule has 0 saturated carbocycles. The van der Waals surface area contributed by atoms with Crippen molar-refractivity contribution in [3.05, 3.63) is 70.3 Å². The summed E-state index contributed by atoms with van der Waals surface area (Å²) in [6.07, 6.45) is 0.334. The SMILES string of the molecule is Cc1cccc(OCc2nc(CCN(C)S(=O)(=O)c3ccc(Br)cc3)no2)c1. The highest BCUT2D eigenvalue weighted by molar-refractivity contribution is 9.10. The molecule has 0 atom stereocenters. The molecule has 0 aliphatic rings. The van der Waals surface area contributed by atoms with E-state index in [-0.39, 0.29) is 18.0 Å². The van der Waals surface area contributed by atoms with Crippen LogP contribution in [0.15, 0.2) is 62.4 Å². The monoisotopic (exact) mass is 465 g/mol. The molecule has 9 heteroatoms. The van der Waals surface area contributed by atoms with E-state index in [9.17, 15) is 8.42 Å². The maximum absolute atomic E-state index is 12.6. The minimum atomic E-state index is -3.57. The number of likely N-dealkylation sites (N-methyl/N-ethyl adjacent to an activating group) is 1. The van der Waals surface area contributed by atoms with E-state index in [0.717, 1.165) is 15.8 Å². The smallest absolute Gasteiger partial charge is 0.264 e. The molecule has 0 amide bonds. The molecule has 0 radical (unpaired) electrons. The van der Waals surface area contributed by atoms with Crippen LogP contribution in [0.5, 0.6) is 5.75 Å². The lowest BCUT2D eigenvalue weighted by Crippen LogP contribution is -2.29. The first-order valence-corrected chi connectivity index (χ1v) is 10.8. The number of hydrogen-bond donors (Lipinski definition) is 0. The summed E-state index contributed by atoms with van der Waals surface area (Å²) in [6, 6.07) is 14.2. The molecule has 7 nitrogen and oxygen atoms in total. The molecule has 1 aromatic heterocycles. The molecule has 0 fully saturated rings. The van der Waals surface area contributed by atoms with Crippen molar-refractivity contribution in [1.29, 1.82) is 0 Å². The second kappa shape index (κ2) is 8.85. The van der Waals surface area contributed by atoms with Crippen molar-refractivity contribution >= 4 is 26.0 Å². The average molecular weight is 466 g/mol. The topological polar surface area (TPSA) is 85.5 Å². The fourth-order valence-electron chi connectivity index (χ4n) is 2.46. The number of aryl methyl sites for hydroxylation is 1. The number of halogens is 1. The van der Waals surface area contributed by atoms with Crippen molar-refractivity contribution in [1.82, 2.24) is 14.4 Å². The van der Waals surface area contributed by atoms with Crippen LogP contribution in [0.3, 0.4) is 0 Å². The minimum Gasteiger partial charge on any atom is -0.484 e. The molecule has 3 rings (SSSR count). The molecule has 0 spiro atoms. The zero-order valence-electron chi connectivity index (χ0n) is 15.5. The van der Waals surface area contributed by atoms with Crippen LogP contribution < -0.4 is 4.74 Å². The number of nitrogens with zero attached hydrogens (tertiary/aromatic N) is 3. The summed E-state index contributed by atoms with van der Waals surface area (Å²) >= 11 is 3.30. The van der Waals surface area contributed by atoms with Crippen molar-refractivity contribution in [3.8, 4) is 5.75 Å². The predicted molar refractivity (Wildman–Crippen MR) is 107 cm³/mol. The quantitative estimate of drug-likeness (QED) is 0.505. The van der Waals surface area contributed by atoms with Crippen LogP contribution in [0.1, 0.15) is 17.3 Å². The lowest BCUT2D eigenvalue weighted by molar-refractivity contribution is 0.242. The Morgan fingerprint density at radius 1 is 1.18 bits per heavy atom. The van der Waals surface area contributed by atoms with Crippen molar-refractivity contribution in [2.24, 2.45) is 0 Å². The van der Waals surface area contributed by atoms with E-state index in [2.05, 4.69) is 26.1 Å². The molecule has 1 heterocycles. The van der Waals surface area contributed by atoms with E-state index in [0.29, 0.717) is 18.1 Å². The lowest BCUT2D eigenvalue weighted by Gasteiger charge is -2.16. The maximum atomic E-state index is 12.6. The highest BCUT2D eigenvalue weighted by Gasteiger charge is 2.21. The minimum absolute atomic E-state index is 0.156. The third kappa shape index (κ3) is 5.18. The van der Waals surface area contributed by atoms with Gasteiger partial charge in [-0.2, -0.15) is 4.98 Å². The molecule has 0 unspecified atom stereocenters. The van der Waals surface area contributed by atoms with Gasteiger partial charge in [-0.05, 0) is 48.9 Å². The number of aromatic nitrogens is 2. The number of benzene rings is 2. The fourth-order valence-corrected chi connectivity index (χ4v) is 3.90. The van der Waals surface area contributed by atoms with Gasteiger partial charge in [0.25, 0.3) is 5.89 Å². The summed E-state index contributed by atoms with van der Waals surface area (Å²) in [5.74, 6) is 1.50. The number of hydrogen-bond acceptors (Lipinski definition) is 6. The Bertz CT molecular complexity index is 1040. The van der Waals surface area contributed by atoms with Crippen molar-refractivity contribution < 1.29 is 17.7 Å². The van der Waals surface area contributed by atoms with Crippen molar-refractivity contribution in [3.63, 3.8) is 0 Å². The van der Waals surface area contributed by atoms with Gasteiger partial charge in [-0.3, -0.25) is 0 Å². The normalized spacial score (nSPS) is 11.7. The Hall–Kier alpha value is -2.23. The van der Waals surface area contributed by atoms with Gasteiger partial charge in [0.1, 0.15) is 5.75 Å². The van der Waals surface area contributed by atoms with Gasteiger partial charge in [-0.1, -0.05) is 33.2 Å². The molecular weight excluding hydrogens is 446 g/mol. The maximum Gasteiger partial charge on any atom is 0.264 e. The molecule has 28 heavy (non-hydrogen) atoms. The second-order valence-electron chi connectivity index (χ2n) is 6.24. The van der Waals surface area contributed by atoms with Crippen LogP contribution in [0, 0.1) is 6.92 Å². The first-order valence-electron chi connectivity index (χ1n) is 8.57. The standard InChI is InChI=1S/C19H20BrN3O4S/c1-14-4-3-5-16(12-14)26-13-19-21-18(22-27-19)10-11-23(2)28(24,25)17-8-6-15(20)7-9-17/h3-9,12H,10-11,13H2,1-2H3. The molecule has 0 aliphatic heterocycles. The predicted octanol–water partition coefficient (Wildman–Crippen LogP) is 3.58. The van der Waals surface area contributed by atoms with Crippen molar-refractivity contribution in [2.45, 2.75) is 24.8 Å². The molecule has 0 N–H and O–H groups in total. The number of rotatable bonds is 8. The molecule has 148 valence electrons. The Balaban J connectivity index is 1.55. The third-order valence-electron chi connectivity index (χ3n) is 4.03. The van der Waals surface area contributed by atoms with Gasteiger partial charge < -0.3 is 9.26 Å². The van der Waals surface area contributed by atoms with Crippen LogP contribution in [-0.2, 0) is 23.1 Å². The summed E-state index contributed by atoms with van der Waals surface area (Å²) in [5, 5.41) is 3.89. The third-order valence-corrected chi connectivity index (χ3v) is 6.43. The van der Waals surface area contributed by atoms with Crippen LogP contribution in [0.25, 0.3) is 0 Å². The zero-order valence-corrected chi connectivity index (χ0v) is 17.9. The molecule has 0 aliphatic carbocycles. The molecule has 0 saturated heterocycles. The zero-order chi connectivity index (χ0) is 20.1.